The van der Waals surface area contributed by atoms with E-state index in [4.69, 9.17) is 5.26 Å². The molecule has 0 unspecified atom stereocenters. The summed E-state index contributed by atoms with van der Waals surface area (Å²) in [5, 5.41) is 7.10. The lowest BCUT2D eigenvalue weighted by Gasteiger charge is -2.06. The van der Waals surface area contributed by atoms with E-state index < -0.39 is 0 Å². The Morgan fingerprint density at radius 3 is 2.09 bits per heavy atom. The molecular formula is C8H17BN2. The molecule has 2 radical (unpaired) electrons. The van der Waals surface area contributed by atoms with Gasteiger partial charge in [0.1, 0.15) is 0 Å². The molecule has 0 heterocycles. The van der Waals surface area contributed by atoms with Crippen molar-refractivity contribution in [2.75, 3.05) is 20.6 Å². The Morgan fingerprint density at radius 1 is 1.36 bits per heavy atom. The fourth-order valence-corrected chi connectivity index (χ4v) is 0.678. The van der Waals surface area contributed by atoms with Crippen molar-refractivity contribution in [2.45, 2.75) is 26.2 Å². The average Bonchev–Trinajstić information content (AvgIpc) is 1.89. The Kier molecular flexibility index (Phi) is 14.6. The van der Waals surface area contributed by atoms with Gasteiger partial charge in [0.05, 0.1) is 0 Å². The van der Waals surface area contributed by atoms with Gasteiger partial charge in [-0.25, -0.2) is 5.26 Å². The highest BCUT2D eigenvalue weighted by atomic mass is 15.0. The molecule has 3 heteroatoms. The van der Waals surface area contributed by atoms with Crippen molar-refractivity contribution in [3.8, 4) is 5.97 Å². The summed E-state index contributed by atoms with van der Waals surface area (Å²) < 4.78 is 0. The van der Waals surface area contributed by atoms with Crippen molar-refractivity contribution in [1.82, 2.24) is 4.90 Å². The molecule has 0 atom stereocenters. The van der Waals surface area contributed by atoms with Crippen LogP contribution in [0.2, 0.25) is 0 Å². The summed E-state index contributed by atoms with van der Waals surface area (Å²) in [7, 11) is 8.39. The number of hydrogen-bond acceptors (Lipinski definition) is 2. The molecule has 62 valence electrons. The van der Waals surface area contributed by atoms with Crippen molar-refractivity contribution in [2.24, 2.45) is 0 Å². The molecule has 0 spiro atoms. The zero-order valence-electron chi connectivity index (χ0n) is 7.80. The lowest BCUT2D eigenvalue weighted by Crippen LogP contribution is -2.12. The van der Waals surface area contributed by atoms with Gasteiger partial charge in [0.2, 0.25) is 7.85 Å². The number of hydrogen-bond donors (Lipinski definition) is 0. The number of unbranched alkanes of at least 4 members (excludes halogenated alkanes) is 2. The van der Waals surface area contributed by atoms with Crippen LogP contribution in [-0.4, -0.2) is 33.4 Å². The average molecular weight is 152 g/mol. The van der Waals surface area contributed by atoms with Gasteiger partial charge in [-0.2, -0.15) is 0 Å². The van der Waals surface area contributed by atoms with Crippen LogP contribution in [0.5, 0.6) is 0 Å². The molecule has 0 aliphatic heterocycles. The first-order valence-electron chi connectivity index (χ1n) is 3.93. The van der Waals surface area contributed by atoms with E-state index in [1.54, 1.807) is 0 Å². The van der Waals surface area contributed by atoms with Crippen molar-refractivity contribution in [3.63, 3.8) is 0 Å². The Bertz CT molecular complexity index is 96.8. The van der Waals surface area contributed by atoms with Crippen LogP contribution in [0.15, 0.2) is 0 Å². The molecule has 0 aromatic carbocycles. The van der Waals surface area contributed by atoms with Crippen LogP contribution in [0.25, 0.3) is 0 Å². The minimum atomic E-state index is 1.24. The van der Waals surface area contributed by atoms with Gasteiger partial charge in [0.15, 0.2) is 0 Å². The fraction of sp³-hybridized carbons (Fsp3) is 0.875. The largest absolute Gasteiger partial charge is 0.309 e. The smallest absolute Gasteiger partial charge is 0.229 e. The molecule has 0 aromatic rings. The molecule has 0 aliphatic rings. The van der Waals surface area contributed by atoms with E-state index in [-0.39, 0.29) is 0 Å². The molecule has 0 amide bonds. The van der Waals surface area contributed by atoms with E-state index in [0.29, 0.717) is 0 Å². The summed E-state index contributed by atoms with van der Waals surface area (Å²) in [5.41, 5.74) is 0. The Hall–Kier alpha value is -0.485. The first-order chi connectivity index (χ1) is 5.18. The highest BCUT2D eigenvalue weighted by Crippen LogP contribution is 1.93. The number of nitrogens with zero attached hydrogens (tertiary/aromatic N) is 2. The summed E-state index contributed by atoms with van der Waals surface area (Å²) >= 11 is 0. The summed E-state index contributed by atoms with van der Waals surface area (Å²) in [6, 6.07) is 0. The predicted molar refractivity (Wildman–Crippen MR) is 49.4 cm³/mol. The van der Waals surface area contributed by atoms with Gasteiger partial charge in [0.25, 0.3) is 0 Å². The van der Waals surface area contributed by atoms with E-state index in [0.717, 1.165) is 0 Å². The minimum Gasteiger partial charge on any atom is -0.309 e. The molecule has 0 saturated heterocycles. The zero-order valence-corrected chi connectivity index (χ0v) is 7.80. The third-order valence-electron chi connectivity index (χ3n) is 1.21. The van der Waals surface area contributed by atoms with Crippen LogP contribution >= 0.6 is 0 Å². The summed E-state index contributed by atoms with van der Waals surface area (Å²) in [4.78, 5) is 2.23. The van der Waals surface area contributed by atoms with Crippen molar-refractivity contribution in [1.29, 1.82) is 5.26 Å². The van der Waals surface area contributed by atoms with Crippen LogP contribution in [0, 0.1) is 11.2 Å². The second-order valence-electron chi connectivity index (χ2n) is 2.64. The van der Waals surface area contributed by atoms with E-state index in [1.165, 1.54) is 31.8 Å². The third-order valence-corrected chi connectivity index (χ3v) is 1.21. The number of nitriles is 1. The van der Waals surface area contributed by atoms with Gasteiger partial charge in [-0.15, -0.1) is 0 Å². The van der Waals surface area contributed by atoms with Gasteiger partial charge in [-0.05, 0) is 33.0 Å². The first-order valence-corrected chi connectivity index (χ1v) is 3.93. The summed E-state index contributed by atoms with van der Waals surface area (Å²) in [5.74, 6) is 1.25. The normalized spacial score (nSPS) is 8.27. The Labute approximate surface area is 71.6 Å². The van der Waals surface area contributed by atoms with E-state index >= 15 is 0 Å². The molecule has 0 rings (SSSR count). The second kappa shape index (κ2) is 12.2. The lowest BCUT2D eigenvalue weighted by molar-refractivity contribution is 0.393. The van der Waals surface area contributed by atoms with E-state index in [9.17, 15) is 0 Å². The Balaban J connectivity index is 0. The van der Waals surface area contributed by atoms with Crippen LogP contribution in [0.4, 0.5) is 0 Å². The molecular weight excluding hydrogens is 135 g/mol. The van der Waals surface area contributed by atoms with Crippen LogP contribution in [0.1, 0.15) is 26.2 Å². The number of rotatable bonds is 4. The highest BCUT2D eigenvalue weighted by molar-refractivity contribution is 6.20. The zero-order chi connectivity index (χ0) is 9.11. The molecule has 0 saturated carbocycles. The fourth-order valence-electron chi connectivity index (χ4n) is 0.678. The van der Waals surface area contributed by atoms with Gasteiger partial charge < -0.3 is 4.90 Å². The van der Waals surface area contributed by atoms with Crippen molar-refractivity contribution < 1.29 is 0 Å². The monoisotopic (exact) mass is 152 g/mol. The topological polar surface area (TPSA) is 27.0 Å². The third kappa shape index (κ3) is 26.4. The van der Waals surface area contributed by atoms with Gasteiger partial charge in [-0.3, -0.25) is 0 Å². The Morgan fingerprint density at radius 2 is 1.82 bits per heavy atom. The molecule has 0 fully saturated rings. The molecule has 11 heavy (non-hydrogen) atoms. The summed E-state index contributed by atoms with van der Waals surface area (Å²) in [6.45, 7) is 3.48. The maximum absolute atomic E-state index is 7.10. The molecule has 0 N–H and O–H groups in total. The predicted octanol–water partition coefficient (Wildman–Crippen LogP) is 1.37. The van der Waals surface area contributed by atoms with Crippen molar-refractivity contribution >= 4 is 7.85 Å². The second-order valence-corrected chi connectivity index (χ2v) is 2.64. The minimum absolute atomic E-state index is 1.24. The molecule has 0 aromatic heterocycles. The maximum Gasteiger partial charge on any atom is 0.229 e. The van der Waals surface area contributed by atoms with E-state index in [1.807, 2.05) is 0 Å². The first kappa shape index (κ1) is 13.1. The van der Waals surface area contributed by atoms with Gasteiger partial charge >= 0.3 is 0 Å². The van der Waals surface area contributed by atoms with Crippen LogP contribution < -0.4 is 0 Å². The van der Waals surface area contributed by atoms with Gasteiger partial charge in [-0.1, -0.05) is 19.8 Å². The van der Waals surface area contributed by atoms with E-state index in [2.05, 4.69) is 33.8 Å². The maximum atomic E-state index is 7.10. The summed E-state index contributed by atoms with van der Waals surface area (Å²) in [6.07, 6.45) is 4.05. The van der Waals surface area contributed by atoms with Crippen LogP contribution in [-0.2, 0) is 0 Å². The standard InChI is InChI=1S/C7H17N.CBN/c1-4-5-6-7-8(2)3;2-1-3/h4-7H2,1-3H3;. The SMILES string of the molecule is CCCCCN(C)C.[B]C#N. The molecule has 0 aliphatic carbocycles. The molecule has 2 nitrogen and oxygen atoms in total. The van der Waals surface area contributed by atoms with Crippen molar-refractivity contribution in [3.05, 3.63) is 0 Å². The van der Waals surface area contributed by atoms with Gasteiger partial charge in [0, 0.05) is 0 Å². The lowest BCUT2D eigenvalue weighted by atomic mass is 10.2. The highest BCUT2D eigenvalue weighted by Gasteiger charge is 1.86. The van der Waals surface area contributed by atoms with Crippen LogP contribution in [0.3, 0.4) is 0 Å². The quantitative estimate of drug-likeness (QED) is 0.449. The molecule has 0 bridgehead atoms.